The minimum absolute atomic E-state index is 0.239. The maximum atomic E-state index is 12.1. The molecule has 0 aliphatic carbocycles. The second kappa shape index (κ2) is 4.99. The van der Waals surface area contributed by atoms with Gasteiger partial charge >= 0.3 is 0 Å². The van der Waals surface area contributed by atoms with E-state index in [4.69, 9.17) is 10.5 Å². The van der Waals surface area contributed by atoms with E-state index in [-0.39, 0.29) is 12.5 Å². The molecule has 8 heteroatoms. The number of amides is 1. The number of pyridine rings is 1. The Morgan fingerprint density at radius 1 is 1.50 bits per heavy atom. The molecule has 1 fully saturated rings. The Kier molecular flexibility index (Phi) is 3.17. The zero-order valence-electron chi connectivity index (χ0n) is 10.7. The summed E-state index contributed by atoms with van der Waals surface area (Å²) < 4.78 is 6.70. The normalized spacial score (nSPS) is 21.9. The van der Waals surface area contributed by atoms with Crippen molar-refractivity contribution in [2.75, 3.05) is 18.5 Å². The van der Waals surface area contributed by atoms with Crippen LogP contribution in [0.2, 0.25) is 0 Å². The van der Waals surface area contributed by atoms with Crippen molar-refractivity contribution in [1.82, 2.24) is 19.7 Å². The number of carbonyl (C=O) groups excluding carboxylic acids is 1. The average Bonchev–Trinajstić information content (AvgIpc) is 3.11. The molecular weight excluding hydrogens is 260 g/mol. The van der Waals surface area contributed by atoms with E-state index in [9.17, 15) is 4.79 Å². The first-order valence-corrected chi connectivity index (χ1v) is 6.16. The van der Waals surface area contributed by atoms with Crippen LogP contribution in [-0.4, -0.2) is 44.4 Å². The fourth-order valence-electron chi connectivity index (χ4n) is 1.94. The van der Waals surface area contributed by atoms with E-state index in [1.807, 2.05) is 0 Å². The van der Waals surface area contributed by atoms with Crippen LogP contribution in [0.4, 0.5) is 5.69 Å². The fourth-order valence-corrected chi connectivity index (χ4v) is 1.94. The summed E-state index contributed by atoms with van der Waals surface area (Å²) in [6, 6.07) is 3.47. The van der Waals surface area contributed by atoms with Gasteiger partial charge in [-0.2, -0.15) is 5.10 Å². The lowest BCUT2D eigenvalue weighted by Gasteiger charge is -2.20. The molecule has 2 aromatic heterocycles. The molecule has 3 N–H and O–H groups in total. The molecule has 104 valence electrons. The number of hydrogen-bond donors (Lipinski definition) is 2. The van der Waals surface area contributed by atoms with Gasteiger partial charge in [0.25, 0.3) is 0 Å². The van der Waals surface area contributed by atoms with E-state index in [0.717, 1.165) is 0 Å². The highest BCUT2D eigenvalue weighted by molar-refractivity contribution is 5.98. The molecule has 1 unspecified atom stereocenters. The van der Waals surface area contributed by atoms with Crippen molar-refractivity contribution in [3.05, 3.63) is 31.0 Å². The van der Waals surface area contributed by atoms with Gasteiger partial charge in [0.1, 0.15) is 18.2 Å². The molecule has 1 saturated heterocycles. The molecule has 0 radical (unpaired) electrons. The molecule has 0 aromatic carbocycles. The van der Waals surface area contributed by atoms with Crippen LogP contribution in [-0.2, 0) is 9.53 Å². The zero-order chi connectivity index (χ0) is 14.0. The van der Waals surface area contributed by atoms with Crippen LogP contribution in [0.1, 0.15) is 6.42 Å². The van der Waals surface area contributed by atoms with Crippen LogP contribution in [0.5, 0.6) is 0 Å². The van der Waals surface area contributed by atoms with Gasteiger partial charge in [-0.25, -0.2) is 14.6 Å². The summed E-state index contributed by atoms with van der Waals surface area (Å²) in [5.74, 6) is 0.359. The van der Waals surface area contributed by atoms with Crippen LogP contribution in [0, 0.1) is 0 Å². The van der Waals surface area contributed by atoms with Gasteiger partial charge in [-0.1, -0.05) is 0 Å². The van der Waals surface area contributed by atoms with Crippen molar-refractivity contribution in [1.29, 1.82) is 0 Å². The maximum Gasteiger partial charge on any atom is 0.246 e. The molecule has 1 amide bonds. The van der Waals surface area contributed by atoms with Crippen LogP contribution in [0.3, 0.4) is 0 Å². The van der Waals surface area contributed by atoms with Gasteiger partial charge < -0.3 is 15.8 Å². The maximum absolute atomic E-state index is 12.1. The van der Waals surface area contributed by atoms with Gasteiger partial charge in [0, 0.05) is 6.61 Å². The Balaban J connectivity index is 1.71. The fraction of sp³-hybridized carbons (Fsp3) is 0.333. The molecule has 1 aliphatic rings. The summed E-state index contributed by atoms with van der Waals surface area (Å²) in [4.78, 5) is 20.1. The van der Waals surface area contributed by atoms with Gasteiger partial charge in [-0.05, 0) is 18.6 Å². The zero-order valence-corrected chi connectivity index (χ0v) is 10.7. The Morgan fingerprint density at radius 2 is 2.40 bits per heavy atom. The highest BCUT2D eigenvalue weighted by Gasteiger charge is 2.38. The van der Waals surface area contributed by atoms with E-state index in [1.54, 1.807) is 24.7 Å². The van der Waals surface area contributed by atoms with Crippen molar-refractivity contribution in [3.8, 4) is 5.82 Å². The third-order valence-electron chi connectivity index (χ3n) is 3.16. The first kappa shape index (κ1) is 12.7. The van der Waals surface area contributed by atoms with Crippen LogP contribution in [0.15, 0.2) is 31.0 Å². The SMILES string of the molecule is NC1(C(=O)Nc2ccc(-n3cncn3)nc2)CCOC1. The largest absolute Gasteiger partial charge is 0.379 e. The van der Waals surface area contributed by atoms with Gasteiger partial charge in [-0.3, -0.25) is 4.79 Å². The van der Waals surface area contributed by atoms with Crippen molar-refractivity contribution in [2.24, 2.45) is 5.73 Å². The van der Waals surface area contributed by atoms with Crippen LogP contribution >= 0.6 is 0 Å². The van der Waals surface area contributed by atoms with Crippen molar-refractivity contribution >= 4 is 11.6 Å². The lowest BCUT2D eigenvalue weighted by Crippen LogP contribution is -2.51. The molecule has 0 spiro atoms. The van der Waals surface area contributed by atoms with E-state index in [1.165, 1.54) is 11.0 Å². The summed E-state index contributed by atoms with van der Waals surface area (Å²) in [6.45, 7) is 0.747. The minimum atomic E-state index is -0.954. The summed E-state index contributed by atoms with van der Waals surface area (Å²) >= 11 is 0. The number of nitrogens with two attached hydrogens (primary N) is 1. The monoisotopic (exact) mass is 274 g/mol. The van der Waals surface area contributed by atoms with Crippen molar-refractivity contribution in [3.63, 3.8) is 0 Å². The minimum Gasteiger partial charge on any atom is -0.379 e. The summed E-state index contributed by atoms with van der Waals surface area (Å²) in [6.07, 6.45) is 5.04. The molecule has 3 rings (SSSR count). The predicted octanol–water partition coefficient (Wildman–Crippen LogP) is -0.281. The van der Waals surface area contributed by atoms with E-state index in [2.05, 4.69) is 20.4 Å². The van der Waals surface area contributed by atoms with Crippen molar-refractivity contribution in [2.45, 2.75) is 12.0 Å². The average molecular weight is 274 g/mol. The Labute approximate surface area is 115 Å². The second-order valence-electron chi connectivity index (χ2n) is 4.66. The first-order chi connectivity index (χ1) is 9.67. The van der Waals surface area contributed by atoms with E-state index < -0.39 is 5.54 Å². The predicted molar refractivity (Wildman–Crippen MR) is 70.1 cm³/mol. The second-order valence-corrected chi connectivity index (χ2v) is 4.66. The molecule has 3 heterocycles. The number of aromatic nitrogens is 4. The van der Waals surface area contributed by atoms with E-state index >= 15 is 0 Å². The van der Waals surface area contributed by atoms with Gasteiger partial charge in [-0.15, -0.1) is 0 Å². The molecule has 0 bridgehead atoms. The Bertz CT molecular complexity index is 589. The van der Waals surface area contributed by atoms with Crippen LogP contribution in [0.25, 0.3) is 5.82 Å². The van der Waals surface area contributed by atoms with E-state index in [0.29, 0.717) is 24.5 Å². The van der Waals surface area contributed by atoms with Gasteiger partial charge in [0.2, 0.25) is 5.91 Å². The molecule has 0 saturated carbocycles. The lowest BCUT2D eigenvalue weighted by molar-refractivity contribution is -0.121. The summed E-state index contributed by atoms with van der Waals surface area (Å²) in [5.41, 5.74) is 5.60. The number of ether oxygens (including phenoxy) is 1. The molecule has 20 heavy (non-hydrogen) atoms. The molecule has 2 aromatic rings. The summed E-state index contributed by atoms with van der Waals surface area (Å²) in [5, 5.41) is 6.72. The number of nitrogens with zero attached hydrogens (tertiary/aromatic N) is 4. The highest BCUT2D eigenvalue weighted by atomic mass is 16.5. The van der Waals surface area contributed by atoms with Crippen molar-refractivity contribution < 1.29 is 9.53 Å². The Morgan fingerprint density at radius 3 is 3.00 bits per heavy atom. The highest BCUT2D eigenvalue weighted by Crippen LogP contribution is 2.18. The molecule has 1 atom stereocenters. The summed E-state index contributed by atoms with van der Waals surface area (Å²) in [7, 11) is 0. The van der Waals surface area contributed by atoms with Gasteiger partial charge in [0.15, 0.2) is 5.82 Å². The number of nitrogens with one attached hydrogen (secondary N) is 1. The molecule has 8 nitrogen and oxygen atoms in total. The molecular formula is C12H14N6O2. The first-order valence-electron chi connectivity index (χ1n) is 6.16. The Hall–Kier alpha value is -2.32. The number of rotatable bonds is 3. The van der Waals surface area contributed by atoms with Crippen LogP contribution < -0.4 is 11.1 Å². The standard InChI is InChI=1S/C12H14N6O2/c13-12(3-4-20-6-12)11(19)17-9-1-2-10(15-5-9)18-8-14-7-16-18/h1-2,5,7-8H,3-4,6,13H2,(H,17,19). The third-order valence-corrected chi connectivity index (χ3v) is 3.16. The lowest BCUT2D eigenvalue weighted by atomic mass is 9.99. The third kappa shape index (κ3) is 2.38. The molecule has 1 aliphatic heterocycles. The number of anilines is 1. The number of hydrogen-bond acceptors (Lipinski definition) is 6. The smallest absolute Gasteiger partial charge is 0.246 e. The topological polar surface area (TPSA) is 108 Å². The number of carbonyl (C=O) groups is 1. The quantitative estimate of drug-likeness (QED) is 0.797. The van der Waals surface area contributed by atoms with Gasteiger partial charge in [0.05, 0.1) is 18.5 Å².